The van der Waals surface area contributed by atoms with Crippen LogP contribution in [-0.2, 0) is 14.0 Å². The van der Waals surface area contributed by atoms with Gasteiger partial charge in [-0.25, -0.2) is 4.79 Å². The van der Waals surface area contributed by atoms with Crippen LogP contribution in [0, 0.1) is 17.3 Å². The van der Waals surface area contributed by atoms with Crippen LogP contribution in [0.5, 0.6) is 5.75 Å². The van der Waals surface area contributed by atoms with Crippen LogP contribution in [-0.4, -0.2) is 52.1 Å². The lowest BCUT2D eigenvalue weighted by Crippen LogP contribution is -2.73. The van der Waals surface area contributed by atoms with Gasteiger partial charge in [0.05, 0.1) is 41.7 Å². The zero-order valence-electron chi connectivity index (χ0n) is 18.6. The quantitative estimate of drug-likeness (QED) is 0.437. The molecular formula is C22H30NO6Si. The van der Waals surface area contributed by atoms with Gasteiger partial charge in [0.25, 0.3) is 0 Å². The Hall–Kier alpha value is -2.19. The second-order valence-electron chi connectivity index (χ2n) is 9.36. The van der Waals surface area contributed by atoms with Crippen LogP contribution < -0.4 is 10.1 Å². The summed E-state index contributed by atoms with van der Waals surface area (Å²) in [6, 6.07) is 4.29. The second-order valence-corrected chi connectivity index (χ2v) is 11.4. The molecule has 1 N–H and O–H groups in total. The van der Waals surface area contributed by atoms with Crippen LogP contribution >= 0.6 is 0 Å². The first-order valence-corrected chi connectivity index (χ1v) is 12.5. The van der Waals surface area contributed by atoms with Gasteiger partial charge in [-0.3, -0.25) is 9.59 Å². The molecule has 2 heterocycles. The van der Waals surface area contributed by atoms with Crippen LogP contribution in [0.1, 0.15) is 48.4 Å². The van der Waals surface area contributed by atoms with Gasteiger partial charge in [0, 0.05) is 0 Å². The number of amides is 1. The van der Waals surface area contributed by atoms with Gasteiger partial charge in [0.1, 0.15) is 12.4 Å². The third-order valence-electron chi connectivity index (χ3n) is 6.30. The summed E-state index contributed by atoms with van der Waals surface area (Å²) in [5.41, 5.74) is -0.422. The molecule has 163 valence electrons. The smallest absolute Gasteiger partial charge is 0.337 e. The van der Waals surface area contributed by atoms with Gasteiger partial charge in [-0.15, -0.1) is 0 Å². The first-order valence-electron chi connectivity index (χ1n) is 10.1. The fourth-order valence-corrected chi connectivity index (χ4v) is 5.53. The molecular weight excluding hydrogens is 402 g/mol. The Morgan fingerprint density at radius 2 is 1.87 bits per heavy atom. The number of hydrogen-bond acceptors (Lipinski definition) is 6. The van der Waals surface area contributed by atoms with E-state index in [1.165, 1.54) is 13.2 Å². The molecule has 1 aromatic carbocycles. The predicted molar refractivity (Wildman–Crippen MR) is 113 cm³/mol. The molecule has 0 aliphatic carbocycles. The molecule has 4 atom stereocenters. The number of Topliss-reactive ketones (excluding diaryl/α,β-unsaturated/α-hetero) is 1. The number of esters is 1. The molecule has 2 aliphatic heterocycles. The van der Waals surface area contributed by atoms with E-state index in [9.17, 15) is 14.4 Å². The SMILES string of the molecule is COC(=O)c1ccc2c(c1)C(=O)[C@H]([C@H]1NC(=O)[C@@H]1[C@@](C)(O[Si](C)C)C(C)(C)C)CO2. The summed E-state index contributed by atoms with van der Waals surface area (Å²) >= 11 is 0. The first-order chi connectivity index (χ1) is 13.9. The number of carbonyl (C=O) groups is 3. The standard InChI is InChI=1S/C22H30NO6Si/c1-21(2,3)22(4,29-30(6)7)16-17(23-19(16)25)14-11-28-15-9-8-12(20(26)27-5)10-13(15)18(14)24/h8-10,14,16-17H,11H2,1-7H3,(H,23,25)/t14-,16+,17+,22+/m0/s1. The highest BCUT2D eigenvalue weighted by atomic mass is 28.3. The zero-order valence-corrected chi connectivity index (χ0v) is 19.6. The second kappa shape index (κ2) is 7.81. The molecule has 2 aliphatic rings. The molecule has 30 heavy (non-hydrogen) atoms. The number of rotatable bonds is 5. The molecule has 1 aromatic rings. The van der Waals surface area contributed by atoms with E-state index >= 15 is 0 Å². The maximum atomic E-state index is 13.3. The lowest BCUT2D eigenvalue weighted by Gasteiger charge is -2.56. The molecule has 1 amide bonds. The fraction of sp³-hybridized carbons (Fsp3) is 0.591. The molecule has 8 heteroatoms. The highest BCUT2D eigenvalue weighted by Crippen LogP contribution is 2.47. The van der Waals surface area contributed by atoms with Crippen molar-refractivity contribution in [2.45, 2.75) is 52.4 Å². The van der Waals surface area contributed by atoms with Gasteiger partial charge in [-0.05, 0) is 43.6 Å². The summed E-state index contributed by atoms with van der Waals surface area (Å²) in [7, 11) is 0.196. The predicted octanol–water partition coefficient (Wildman–Crippen LogP) is 2.85. The van der Waals surface area contributed by atoms with Crippen molar-refractivity contribution in [2.24, 2.45) is 17.3 Å². The lowest BCUT2D eigenvalue weighted by molar-refractivity contribution is -0.162. The van der Waals surface area contributed by atoms with Crippen LogP contribution in [0.2, 0.25) is 13.1 Å². The van der Waals surface area contributed by atoms with Gasteiger partial charge < -0.3 is 19.2 Å². The molecule has 1 radical (unpaired) electrons. The number of benzene rings is 1. The van der Waals surface area contributed by atoms with Gasteiger partial charge in [-0.1, -0.05) is 20.8 Å². The zero-order chi connectivity index (χ0) is 22.4. The molecule has 0 aromatic heterocycles. The average molecular weight is 433 g/mol. The Morgan fingerprint density at radius 1 is 1.20 bits per heavy atom. The van der Waals surface area contributed by atoms with Crippen molar-refractivity contribution in [1.29, 1.82) is 0 Å². The van der Waals surface area contributed by atoms with Crippen molar-refractivity contribution >= 4 is 26.7 Å². The van der Waals surface area contributed by atoms with Crippen LogP contribution in [0.4, 0.5) is 0 Å². The van der Waals surface area contributed by atoms with Crippen molar-refractivity contribution in [3.63, 3.8) is 0 Å². The maximum Gasteiger partial charge on any atom is 0.337 e. The number of nitrogens with one attached hydrogen (secondary N) is 1. The van der Waals surface area contributed by atoms with Crippen LogP contribution in [0.3, 0.4) is 0 Å². The highest BCUT2D eigenvalue weighted by Gasteiger charge is 2.60. The summed E-state index contributed by atoms with van der Waals surface area (Å²) < 4.78 is 17.0. The minimum atomic E-state index is -1.10. The Labute approximate surface area is 179 Å². The van der Waals surface area contributed by atoms with E-state index in [2.05, 4.69) is 26.1 Å². The number of ketones is 1. The van der Waals surface area contributed by atoms with E-state index in [-0.39, 0.29) is 29.3 Å². The lowest BCUT2D eigenvalue weighted by atomic mass is 9.61. The van der Waals surface area contributed by atoms with Crippen molar-refractivity contribution in [1.82, 2.24) is 5.32 Å². The molecule has 0 bridgehead atoms. The molecule has 3 rings (SSSR count). The summed E-state index contributed by atoms with van der Waals surface area (Å²) in [5.74, 6) is -1.36. The van der Waals surface area contributed by atoms with E-state index < -0.39 is 38.5 Å². The maximum absolute atomic E-state index is 13.3. The largest absolute Gasteiger partial charge is 0.492 e. The number of ether oxygens (including phenoxy) is 2. The van der Waals surface area contributed by atoms with E-state index in [0.29, 0.717) is 11.3 Å². The third-order valence-corrected chi connectivity index (χ3v) is 7.14. The monoisotopic (exact) mass is 432 g/mol. The molecule has 0 unspecified atom stereocenters. The molecule has 1 saturated heterocycles. The van der Waals surface area contributed by atoms with Crippen LogP contribution in [0.25, 0.3) is 0 Å². The summed E-state index contributed by atoms with van der Waals surface area (Å²) in [4.78, 5) is 37.9. The van der Waals surface area contributed by atoms with E-state index in [0.717, 1.165) is 0 Å². The molecule has 0 saturated carbocycles. The summed E-state index contributed by atoms with van der Waals surface area (Å²) in [6.45, 7) is 12.4. The van der Waals surface area contributed by atoms with Crippen molar-refractivity contribution in [3.05, 3.63) is 29.3 Å². The van der Waals surface area contributed by atoms with Gasteiger partial charge in [0.15, 0.2) is 5.78 Å². The number of methoxy groups -OCH3 is 1. The highest BCUT2D eigenvalue weighted by molar-refractivity contribution is 6.48. The summed E-state index contributed by atoms with van der Waals surface area (Å²) in [5, 5.41) is 2.92. The third kappa shape index (κ3) is 3.67. The minimum Gasteiger partial charge on any atom is -0.492 e. The Bertz CT molecular complexity index is 877. The normalized spacial score (nSPS) is 25.5. The van der Waals surface area contributed by atoms with Gasteiger partial charge in [-0.2, -0.15) is 0 Å². The molecule has 0 spiro atoms. The topological polar surface area (TPSA) is 90.9 Å². The molecule has 1 fully saturated rings. The van der Waals surface area contributed by atoms with Crippen molar-refractivity contribution in [3.8, 4) is 5.75 Å². The number of hydrogen-bond donors (Lipinski definition) is 1. The van der Waals surface area contributed by atoms with Crippen LogP contribution in [0.15, 0.2) is 18.2 Å². The van der Waals surface area contributed by atoms with Crippen molar-refractivity contribution in [2.75, 3.05) is 13.7 Å². The number of β-lactam (4-membered cyclic amide) rings is 1. The van der Waals surface area contributed by atoms with E-state index in [1.807, 2.05) is 20.0 Å². The first kappa shape index (κ1) is 22.5. The van der Waals surface area contributed by atoms with E-state index in [4.69, 9.17) is 13.9 Å². The molecule has 7 nitrogen and oxygen atoms in total. The van der Waals surface area contributed by atoms with Gasteiger partial charge >= 0.3 is 5.97 Å². The summed E-state index contributed by atoms with van der Waals surface area (Å²) in [6.07, 6.45) is 0. The van der Waals surface area contributed by atoms with Gasteiger partial charge in [0.2, 0.25) is 14.9 Å². The Kier molecular flexibility index (Phi) is 5.86. The number of carbonyl (C=O) groups excluding carboxylic acids is 3. The van der Waals surface area contributed by atoms with E-state index in [1.54, 1.807) is 12.1 Å². The minimum absolute atomic E-state index is 0.109. The van der Waals surface area contributed by atoms with Crippen molar-refractivity contribution < 1.29 is 28.3 Å². The average Bonchev–Trinajstić information content (AvgIpc) is 2.64. The number of fused-ring (bicyclic) bond motifs is 1. The fourth-order valence-electron chi connectivity index (χ4n) is 4.25. The Balaban J connectivity index is 1.94. The Morgan fingerprint density at radius 3 is 2.40 bits per heavy atom.